The van der Waals surface area contributed by atoms with Gasteiger partial charge in [0.2, 0.25) is 0 Å². The van der Waals surface area contributed by atoms with E-state index in [2.05, 4.69) is 13.8 Å². The summed E-state index contributed by atoms with van der Waals surface area (Å²) >= 11 is 1.17. The van der Waals surface area contributed by atoms with Gasteiger partial charge in [0.25, 0.3) is 0 Å². The first kappa shape index (κ1) is 15.7. The van der Waals surface area contributed by atoms with E-state index < -0.39 is 0 Å². The number of ether oxygens (including phenoxy) is 2. The van der Waals surface area contributed by atoms with E-state index in [1.54, 1.807) is 4.57 Å². The van der Waals surface area contributed by atoms with Gasteiger partial charge in [-0.1, -0.05) is 25.2 Å². The molecule has 0 bridgehead atoms. The molecule has 1 aliphatic carbocycles. The molecule has 5 nitrogen and oxygen atoms in total. The summed E-state index contributed by atoms with van der Waals surface area (Å²) in [7, 11) is 0. The van der Waals surface area contributed by atoms with Crippen LogP contribution in [0.5, 0.6) is 0 Å². The van der Waals surface area contributed by atoms with Gasteiger partial charge in [0.05, 0.1) is 12.5 Å². The van der Waals surface area contributed by atoms with E-state index in [9.17, 15) is 9.59 Å². The molecule has 3 atom stereocenters. The van der Waals surface area contributed by atoms with Crippen molar-refractivity contribution in [2.45, 2.75) is 58.8 Å². The minimum absolute atomic E-state index is 0.0185. The molecule has 6 heteroatoms. The van der Waals surface area contributed by atoms with E-state index in [-0.39, 0.29) is 34.9 Å². The predicted octanol–water partition coefficient (Wildman–Crippen LogP) is 2.36. The Labute approximate surface area is 134 Å². The highest BCUT2D eigenvalue weighted by molar-refractivity contribution is 7.07. The third kappa shape index (κ3) is 2.63. The molecule has 1 aromatic heterocycles. The molecule has 0 spiro atoms. The van der Waals surface area contributed by atoms with Gasteiger partial charge < -0.3 is 14.0 Å². The smallest absolute Gasteiger partial charge is 0.307 e. The fraction of sp³-hybridized carbons (Fsp3) is 0.750. The van der Waals surface area contributed by atoms with Crippen LogP contribution >= 0.6 is 11.3 Å². The van der Waals surface area contributed by atoms with Gasteiger partial charge in [-0.3, -0.25) is 9.59 Å². The van der Waals surface area contributed by atoms with Crippen molar-refractivity contribution in [3.05, 3.63) is 20.7 Å². The van der Waals surface area contributed by atoms with Crippen LogP contribution in [0.25, 0.3) is 0 Å². The molecule has 3 rings (SSSR count). The van der Waals surface area contributed by atoms with Crippen molar-refractivity contribution in [1.82, 2.24) is 4.57 Å². The number of carbonyl (C=O) groups is 1. The molecule has 1 aromatic rings. The van der Waals surface area contributed by atoms with Crippen LogP contribution < -0.4 is 4.87 Å². The van der Waals surface area contributed by atoms with Crippen molar-refractivity contribution < 1.29 is 14.3 Å². The largest absolute Gasteiger partial charge is 0.461 e. The zero-order valence-corrected chi connectivity index (χ0v) is 14.1. The Morgan fingerprint density at radius 3 is 3.00 bits per heavy atom. The maximum atomic E-state index is 12.2. The van der Waals surface area contributed by atoms with E-state index >= 15 is 0 Å². The molecule has 122 valence electrons. The molecule has 0 aromatic carbocycles. The molecule has 2 aliphatic rings. The minimum Gasteiger partial charge on any atom is -0.461 e. The topological polar surface area (TPSA) is 57.5 Å². The summed E-state index contributed by atoms with van der Waals surface area (Å²) in [4.78, 5) is 23.8. The molecular formula is C16H23NO4S. The first-order valence-corrected chi connectivity index (χ1v) is 8.75. The van der Waals surface area contributed by atoms with Crippen molar-refractivity contribution in [1.29, 1.82) is 0 Å². The van der Waals surface area contributed by atoms with Crippen LogP contribution in [0.3, 0.4) is 0 Å². The molecule has 2 heterocycles. The molecule has 1 aliphatic heterocycles. The van der Waals surface area contributed by atoms with Crippen LogP contribution in [0, 0.1) is 18.3 Å². The zero-order valence-electron chi connectivity index (χ0n) is 13.3. The van der Waals surface area contributed by atoms with Gasteiger partial charge in [-0.15, -0.1) is 0 Å². The zero-order chi connectivity index (χ0) is 15.9. The van der Waals surface area contributed by atoms with Gasteiger partial charge in [0, 0.05) is 35.6 Å². The third-order valence-electron chi connectivity index (χ3n) is 5.00. The van der Waals surface area contributed by atoms with Gasteiger partial charge in [-0.2, -0.15) is 0 Å². The molecule has 0 unspecified atom stereocenters. The van der Waals surface area contributed by atoms with Crippen LogP contribution in [-0.2, 0) is 20.8 Å². The SMILES string of the molecule is Cc1csc(=O)n1CCC(=O)O[C@@H]1[C@@H]2CCCO[C@H]2C1(C)C. The summed E-state index contributed by atoms with van der Waals surface area (Å²) in [5.41, 5.74) is 0.781. The number of hydrogen-bond donors (Lipinski definition) is 0. The Kier molecular flexibility index (Phi) is 4.16. The number of hydrogen-bond acceptors (Lipinski definition) is 5. The fourth-order valence-electron chi connectivity index (χ4n) is 3.79. The van der Waals surface area contributed by atoms with E-state index in [4.69, 9.17) is 9.47 Å². The quantitative estimate of drug-likeness (QED) is 0.798. The predicted molar refractivity (Wildman–Crippen MR) is 84.1 cm³/mol. The second-order valence-corrected chi connectivity index (χ2v) is 7.69. The number of nitrogens with zero attached hydrogens (tertiary/aromatic N) is 1. The highest BCUT2D eigenvalue weighted by Gasteiger charge is 2.60. The lowest BCUT2D eigenvalue weighted by molar-refractivity contribution is -0.254. The Balaban J connectivity index is 1.57. The normalized spacial score (nSPS) is 29.5. The lowest BCUT2D eigenvalue weighted by Gasteiger charge is -2.58. The summed E-state index contributed by atoms with van der Waals surface area (Å²) in [6.45, 7) is 7.29. The van der Waals surface area contributed by atoms with Crippen LogP contribution in [0.4, 0.5) is 0 Å². The molecule has 0 N–H and O–H groups in total. The minimum atomic E-state index is -0.223. The van der Waals surface area contributed by atoms with Crippen molar-refractivity contribution in [2.24, 2.45) is 11.3 Å². The standard InChI is InChI=1S/C16H23NO4S/c1-10-9-22-15(19)17(10)7-6-12(18)21-14-11-5-4-8-20-13(11)16(14,2)3/h9,11,13-14H,4-8H2,1-3H3/t11-,13-,14-/m1/s1. The van der Waals surface area contributed by atoms with Crippen molar-refractivity contribution in [3.63, 3.8) is 0 Å². The molecule has 22 heavy (non-hydrogen) atoms. The molecular weight excluding hydrogens is 302 g/mol. The maximum absolute atomic E-state index is 12.2. The Morgan fingerprint density at radius 2 is 2.32 bits per heavy atom. The summed E-state index contributed by atoms with van der Waals surface area (Å²) in [6, 6.07) is 0. The summed E-state index contributed by atoms with van der Waals surface area (Å²) in [5, 5.41) is 1.81. The van der Waals surface area contributed by atoms with Gasteiger partial charge in [0.1, 0.15) is 6.10 Å². The first-order valence-electron chi connectivity index (χ1n) is 7.87. The van der Waals surface area contributed by atoms with Gasteiger partial charge in [-0.25, -0.2) is 0 Å². The summed E-state index contributed by atoms with van der Waals surface area (Å²) < 4.78 is 13.2. The van der Waals surface area contributed by atoms with Crippen LogP contribution in [0.2, 0.25) is 0 Å². The first-order chi connectivity index (χ1) is 10.4. The lowest BCUT2D eigenvalue weighted by atomic mass is 9.57. The molecule has 0 amide bonds. The lowest BCUT2D eigenvalue weighted by Crippen LogP contribution is -2.65. The average Bonchev–Trinajstić information content (AvgIpc) is 2.81. The van der Waals surface area contributed by atoms with Crippen LogP contribution in [-0.4, -0.2) is 29.4 Å². The van der Waals surface area contributed by atoms with Crippen LogP contribution in [0.15, 0.2) is 10.2 Å². The third-order valence-corrected chi connectivity index (χ3v) is 5.88. The van der Waals surface area contributed by atoms with Crippen molar-refractivity contribution in [3.8, 4) is 0 Å². The number of fused-ring (bicyclic) bond motifs is 1. The fourth-order valence-corrected chi connectivity index (χ4v) is 4.55. The van der Waals surface area contributed by atoms with E-state index in [1.807, 2.05) is 12.3 Å². The highest BCUT2D eigenvalue weighted by atomic mass is 32.1. The van der Waals surface area contributed by atoms with Crippen molar-refractivity contribution in [2.75, 3.05) is 6.61 Å². The van der Waals surface area contributed by atoms with E-state index in [1.165, 1.54) is 11.3 Å². The number of carbonyl (C=O) groups excluding carboxylic acids is 1. The molecule has 0 radical (unpaired) electrons. The Bertz CT molecular complexity index is 618. The monoisotopic (exact) mass is 325 g/mol. The van der Waals surface area contributed by atoms with E-state index in [0.717, 1.165) is 25.1 Å². The second kappa shape index (κ2) is 5.81. The number of aromatic nitrogens is 1. The second-order valence-electron chi connectivity index (χ2n) is 6.87. The number of esters is 1. The summed E-state index contributed by atoms with van der Waals surface area (Å²) in [6.07, 6.45) is 2.48. The summed E-state index contributed by atoms with van der Waals surface area (Å²) in [5.74, 6) is 0.109. The Hall–Kier alpha value is -1.14. The number of thiazole rings is 1. The highest BCUT2D eigenvalue weighted by Crippen LogP contribution is 2.52. The molecule has 2 fully saturated rings. The number of rotatable bonds is 4. The maximum Gasteiger partial charge on any atom is 0.307 e. The molecule has 1 saturated heterocycles. The van der Waals surface area contributed by atoms with Gasteiger partial charge >= 0.3 is 10.8 Å². The average molecular weight is 325 g/mol. The van der Waals surface area contributed by atoms with Crippen molar-refractivity contribution >= 4 is 17.3 Å². The van der Waals surface area contributed by atoms with Gasteiger partial charge in [-0.05, 0) is 19.8 Å². The Morgan fingerprint density at radius 1 is 1.55 bits per heavy atom. The molecule has 1 saturated carbocycles. The van der Waals surface area contributed by atoms with E-state index in [0.29, 0.717) is 12.5 Å². The van der Waals surface area contributed by atoms with Gasteiger partial charge in [0.15, 0.2) is 0 Å². The van der Waals surface area contributed by atoms with Crippen LogP contribution in [0.1, 0.15) is 38.8 Å². The number of aryl methyl sites for hydroxylation is 1.